The molecule has 0 unspecified atom stereocenters. The van der Waals surface area contributed by atoms with Crippen molar-refractivity contribution in [2.45, 2.75) is 6.18 Å². The number of aromatic nitrogens is 1. The quantitative estimate of drug-likeness (QED) is 0.699. The fourth-order valence-electron chi connectivity index (χ4n) is 1.65. The van der Waals surface area contributed by atoms with Gasteiger partial charge in [-0.1, -0.05) is 11.6 Å². The van der Waals surface area contributed by atoms with E-state index in [2.05, 4.69) is 4.98 Å². The third-order valence-corrected chi connectivity index (χ3v) is 3.80. The Hall–Kier alpha value is -1.34. The van der Waals surface area contributed by atoms with E-state index in [4.69, 9.17) is 21.4 Å². The Morgan fingerprint density at radius 1 is 1.20 bits per heavy atom. The summed E-state index contributed by atoms with van der Waals surface area (Å²) in [6, 6.07) is 2.22. The standard InChI is InChI=1S/C10H6ClF3NO4P/c11-6-3-7-4(1-5(6)10(12,13)14)2-8(9(16)15-7)20(17,18)19/h1-3H,(H,15,16)(H2,17,18,19). The highest BCUT2D eigenvalue weighted by atomic mass is 35.5. The van der Waals surface area contributed by atoms with Crippen LogP contribution >= 0.6 is 19.2 Å². The van der Waals surface area contributed by atoms with Crippen LogP contribution in [0.2, 0.25) is 5.02 Å². The number of hydrogen-bond donors (Lipinski definition) is 3. The van der Waals surface area contributed by atoms with E-state index in [1.165, 1.54) is 0 Å². The predicted octanol–water partition coefficient (Wildman–Crippen LogP) is 2.00. The molecule has 0 atom stereocenters. The summed E-state index contributed by atoms with van der Waals surface area (Å²) in [5.41, 5.74) is -2.29. The van der Waals surface area contributed by atoms with Gasteiger partial charge in [0.1, 0.15) is 5.30 Å². The van der Waals surface area contributed by atoms with Gasteiger partial charge in [0.05, 0.1) is 10.6 Å². The Morgan fingerprint density at radius 2 is 1.80 bits per heavy atom. The second-order valence-electron chi connectivity index (χ2n) is 3.94. The number of aromatic amines is 1. The summed E-state index contributed by atoms with van der Waals surface area (Å²) in [6.45, 7) is 0. The summed E-state index contributed by atoms with van der Waals surface area (Å²) < 4.78 is 49.1. The number of H-pyrrole nitrogens is 1. The van der Waals surface area contributed by atoms with Gasteiger partial charge in [0.2, 0.25) is 0 Å². The van der Waals surface area contributed by atoms with E-state index in [0.717, 1.165) is 12.1 Å². The summed E-state index contributed by atoms with van der Waals surface area (Å²) >= 11 is 5.47. The summed E-state index contributed by atoms with van der Waals surface area (Å²) in [5.74, 6) is 0. The molecule has 0 saturated carbocycles. The maximum absolute atomic E-state index is 12.7. The minimum atomic E-state index is -4.89. The van der Waals surface area contributed by atoms with E-state index >= 15 is 0 Å². The molecule has 0 bridgehead atoms. The topological polar surface area (TPSA) is 90.4 Å². The molecule has 10 heteroatoms. The van der Waals surface area contributed by atoms with Crippen molar-refractivity contribution in [2.75, 3.05) is 0 Å². The molecular weight excluding hydrogens is 322 g/mol. The fourth-order valence-corrected chi connectivity index (χ4v) is 2.55. The molecule has 1 aromatic carbocycles. The number of benzene rings is 1. The monoisotopic (exact) mass is 327 g/mol. The molecule has 0 spiro atoms. The van der Waals surface area contributed by atoms with E-state index in [0.29, 0.717) is 6.07 Å². The van der Waals surface area contributed by atoms with Crippen LogP contribution in [-0.2, 0) is 10.7 Å². The number of nitrogens with one attached hydrogen (secondary N) is 1. The number of alkyl halides is 3. The van der Waals surface area contributed by atoms with Crippen molar-refractivity contribution in [1.29, 1.82) is 0 Å². The van der Waals surface area contributed by atoms with Crippen LogP contribution in [0.5, 0.6) is 0 Å². The molecule has 0 aliphatic heterocycles. The van der Waals surface area contributed by atoms with Crippen molar-refractivity contribution < 1.29 is 27.5 Å². The Kier molecular flexibility index (Phi) is 3.46. The van der Waals surface area contributed by atoms with Gasteiger partial charge in [0, 0.05) is 5.52 Å². The molecule has 0 aliphatic carbocycles. The van der Waals surface area contributed by atoms with Gasteiger partial charge >= 0.3 is 13.8 Å². The third kappa shape index (κ3) is 2.73. The number of fused-ring (bicyclic) bond motifs is 1. The van der Waals surface area contributed by atoms with Crippen molar-refractivity contribution in [1.82, 2.24) is 4.98 Å². The Bertz CT molecular complexity index is 795. The van der Waals surface area contributed by atoms with Crippen LogP contribution in [0.3, 0.4) is 0 Å². The minimum Gasteiger partial charge on any atom is -0.321 e. The largest absolute Gasteiger partial charge is 0.417 e. The lowest BCUT2D eigenvalue weighted by atomic mass is 10.1. The Balaban J connectivity index is 2.84. The predicted molar refractivity (Wildman–Crippen MR) is 66.3 cm³/mol. The van der Waals surface area contributed by atoms with Crippen LogP contribution in [0.15, 0.2) is 23.0 Å². The van der Waals surface area contributed by atoms with Gasteiger partial charge in [-0.15, -0.1) is 0 Å². The van der Waals surface area contributed by atoms with Crippen molar-refractivity contribution in [3.63, 3.8) is 0 Å². The van der Waals surface area contributed by atoms with E-state index in [1.807, 2.05) is 0 Å². The van der Waals surface area contributed by atoms with Crippen LogP contribution in [-0.4, -0.2) is 14.8 Å². The third-order valence-electron chi connectivity index (χ3n) is 2.53. The molecule has 20 heavy (non-hydrogen) atoms. The molecule has 3 N–H and O–H groups in total. The Morgan fingerprint density at radius 3 is 2.30 bits per heavy atom. The summed E-state index contributed by atoms with van der Waals surface area (Å²) in [6.07, 6.45) is -4.72. The molecule has 0 fully saturated rings. The van der Waals surface area contributed by atoms with Crippen LogP contribution in [0.4, 0.5) is 13.2 Å². The lowest BCUT2D eigenvalue weighted by molar-refractivity contribution is -0.137. The highest BCUT2D eigenvalue weighted by Gasteiger charge is 2.34. The first kappa shape index (κ1) is 15.1. The van der Waals surface area contributed by atoms with E-state index in [-0.39, 0.29) is 10.9 Å². The second kappa shape index (κ2) is 4.60. The van der Waals surface area contributed by atoms with E-state index in [9.17, 15) is 22.5 Å². The molecule has 1 heterocycles. The lowest BCUT2D eigenvalue weighted by Gasteiger charge is -2.11. The number of pyridine rings is 1. The maximum Gasteiger partial charge on any atom is 0.417 e. The van der Waals surface area contributed by atoms with Crippen LogP contribution in [0, 0.1) is 0 Å². The highest BCUT2D eigenvalue weighted by molar-refractivity contribution is 7.60. The van der Waals surface area contributed by atoms with Gasteiger partial charge < -0.3 is 14.8 Å². The molecule has 108 valence electrons. The van der Waals surface area contributed by atoms with Gasteiger partial charge in [0.25, 0.3) is 5.56 Å². The van der Waals surface area contributed by atoms with E-state index in [1.54, 1.807) is 0 Å². The molecule has 0 amide bonds. The summed E-state index contributed by atoms with van der Waals surface area (Å²) in [7, 11) is -4.89. The normalized spacial score (nSPS) is 12.9. The number of hydrogen-bond acceptors (Lipinski definition) is 2. The minimum absolute atomic E-state index is 0.0507. The van der Waals surface area contributed by atoms with Crippen molar-refractivity contribution >= 4 is 35.4 Å². The van der Waals surface area contributed by atoms with Crippen LogP contribution < -0.4 is 10.9 Å². The van der Waals surface area contributed by atoms with Crippen molar-refractivity contribution in [2.24, 2.45) is 0 Å². The molecular formula is C10H6ClF3NO4P. The first-order valence-corrected chi connectivity index (χ1v) is 6.99. The lowest BCUT2D eigenvalue weighted by Crippen LogP contribution is -2.27. The van der Waals surface area contributed by atoms with Crippen LogP contribution in [0.25, 0.3) is 10.9 Å². The molecule has 2 rings (SSSR count). The fraction of sp³-hybridized carbons (Fsp3) is 0.100. The zero-order valence-corrected chi connectivity index (χ0v) is 11.1. The van der Waals surface area contributed by atoms with Crippen LogP contribution in [0.1, 0.15) is 5.56 Å². The van der Waals surface area contributed by atoms with Gasteiger partial charge in [-0.25, -0.2) is 0 Å². The summed E-state index contributed by atoms with van der Waals surface area (Å²) in [5, 5.41) is -1.70. The average Bonchev–Trinajstić information content (AvgIpc) is 2.24. The Labute approximate surface area is 114 Å². The first-order valence-electron chi connectivity index (χ1n) is 5.00. The van der Waals surface area contributed by atoms with Gasteiger partial charge in [-0.05, 0) is 23.6 Å². The molecule has 1 aromatic heterocycles. The number of halogens is 4. The van der Waals surface area contributed by atoms with E-state index < -0.39 is 35.2 Å². The van der Waals surface area contributed by atoms with Crippen molar-refractivity contribution in [3.05, 3.63) is 39.1 Å². The average molecular weight is 328 g/mol. The molecule has 5 nitrogen and oxygen atoms in total. The highest BCUT2D eigenvalue weighted by Crippen LogP contribution is 2.37. The maximum atomic E-state index is 12.7. The first-order chi connectivity index (χ1) is 9.00. The van der Waals surface area contributed by atoms with Gasteiger partial charge in [0.15, 0.2) is 0 Å². The molecule has 0 aliphatic rings. The second-order valence-corrected chi connectivity index (χ2v) is 5.92. The molecule has 0 radical (unpaired) electrons. The van der Waals surface area contributed by atoms with Gasteiger partial charge in [-0.2, -0.15) is 13.2 Å². The van der Waals surface area contributed by atoms with Gasteiger partial charge in [-0.3, -0.25) is 9.36 Å². The summed E-state index contributed by atoms with van der Waals surface area (Å²) in [4.78, 5) is 31.5. The number of rotatable bonds is 1. The zero-order chi connectivity index (χ0) is 15.3. The molecule has 0 saturated heterocycles. The molecule has 2 aromatic rings. The zero-order valence-electron chi connectivity index (χ0n) is 9.40. The smallest absolute Gasteiger partial charge is 0.321 e. The van der Waals surface area contributed by atoms with Crippen molar-refractivity contribution in [3.8, 4) is 0 Å². The SMILES string of the molecule is O=c1[nH]c2cc(Cl)c(C(F)(F)F)cc2cc1P(=O)(O)O.